The Kier molecular flexibility index (Phi) is 3.91. The monoisotopic (exact) mass is 309 g/mol. The molecule has 0 aliphatic heterocycles. The molecular formula is C13H13BrFN3. The molecule has 2 rings (SSSR count). The fourth-order valence-corrected chi connectivity index (χ4v) is 2.20. The molecule has 0 amide bonds. The van der Waals surface area contributed by atoms with Gasteiger partial charge in [0.25, 0.3) is 0 Å². The number of anilines is 1. The summed E-state index contributed by atoms with van der Waals surface area (Å²) in [6.45, 7) is 3.70. The molecule has 1 unspecified atom stereocenters. The number of nitrogens with zero attached hydrogens (tertiary/aromatic N) is 2. The summed E-state index contributed by atoms with van der Waals surface area (Å²) in [6.07, 6.45) is 0. The minimum atomic E-state index is -0.220. The second-order valence-electron chi connectivity index (χ2n) is 4.01. The van der Waals surface area contributed by atoms with Crippen LogP contribution >= 0.6 is 15.9 Å². The van der Waals surface area contributed by atoms with Crippen LogP contribution in [0.5, 0.6) is 0 Å². The van der Waals surface area contributed by atoms with E-state index >= 15 is 0 Å². The van der Waals surface area contributed by atoms with Gasteiger partial charge in [0.1, 0.15) is 22.1 Å². The molecule has 5 heteroatoms. The van der Waals surface area contributed by atoms with Gasteiger partial charge >= 0.3 is 0 Å². The predicted octanol–water partition coefficient (Wildman–Crippen LogP) is 3.86. The summed E-state index contributed by atoms with van der Waals surface area (Å²) in [5.74, 6) is 1.11. The number of aromatic nitrogens is 2. The Balaban J connectivity index is 2.21. The lowest BCUT2D eigenvalue weighted by Crippen LogP contribution is -2.10. The van der Waals surface area contributed by atoms with E-state index in [-0.39, 0.29) is 11.9 Å². The highest BCUT2D eigenvalue weighted by Crippen LogP contribution is 2.21. The average Bonchev–Trinajstić information content (AvgIpc) is 2.27. The van der Waals surface area contributed by atoms with Crippen LogP contribution in [0.3, 0.4) is 0 Å². The van der Waals surface area contributed by atoms with E-state index < -0.39 is 0 Å². The summed E-state index contributed by atoms with van der Waals surface area (Å²) in [7, 11) is 0. The van der Waals surface area contributed by atoms with Crippen molar-refractivity contribution in [1.82, 2.24) is 9.97 Å². The van der Waals surface area contributed by atoms with Crippen molar-refractivity contribution in [3.05, 3.63) is 52.1 Å². The van der Waals surface area contributed by atoms with E-state index in [0.29, 0.717) is 21.8 Å². The predicted molar refractivity (Wildman–Crippen MR) is 72.9 cm³/mol. The van der Waals surface area contributed by atoms with Gasteiger partial charge in [0.15, 0.2) is 0 Å². The Morgan fingerprint density at radius 3 is 2.67 bits per heavy atom. The molecule has 1 aromatic carbocycles. The van der Waals surface area contributed by atoms with Crippen molar-refractivity contribution in [2.24, 2.45) is 0 Å². The van der Waals surface area contributed by atoms with Gasteiger partial charge in [-0.1, -0.05) is 18.2 Å². The number of nitrogens with one attached hydrogen (secondary N) is 1. The van der Waals surface area contributed by atoms with Crippen LogP contribution in [0.4, 0.5) is 10.2 Å². The fourth-order valence-electron chi connectivity index (χ4n) is 1.73. The van der Waals surface area contributed by atoms with Gasteiger partial charge in [0.2, 0.25) is 0 Å². The third-order valence-corrected chi connectivity index (χ3v) is 2.95. The van der Waals surface area contributed by atoms with Crippen molar-refractivity contribution < 1.29 is 4.39 Å². The molecule has 0 aliphatic rings. The minimum Gasteiger partial charge on any atom is -0.363 e. The molecule has 2 aromatic rings. The maximum absolute atomic E-state index is 13.6. The summed E-state index contributed by atoms with van der Waals surface area (Å²) in [5.41, 5.74) is 0.616. The topological polar surface area (TPSA) is 37.8 Å². The molecule has 1 atom stereocenters. The molecule has 0 spiro atoms. The first kappa shape index (κ1) is 13.0. The Labute approximate surface area is 114 Å². The van der Waals surface area contributed by atoms with Crippen molar-refractivity contribution in [3.63, 3.8) is 0 Å². The molecule has 0 fully saturated rings. The molecule has 1 N–H and O–H groups in total. The quantitative estimate of drug-likeness (QED) is 0.875. The summed E-state index contributed by atoms with van der Waals surface area (Å²) in [5, 5.41) is 3.16. The molecule has 0 radical (unpaired) electrons. The molecule has 1 heterocycles. The van der Waals surface area contributed by atoms with Crippen LogP contribution in [0.25, 0.3) is 0 Å². The normalized spacial score (nSPS) is 12.2. The Bertz CT molecular complexity index is 539. The molecule has 3 nitrogen and oxygen atoms in total. The van der Waals surface area contributed by atoms with Gasteiger partial charge in [0, 0.05) is 11.6 Å². The first-order chi connectivity index (χ1) is 8.56. The van der Waals surface area contributed by atoms with Crippen LogP contribution < -0.4 is 5.32 Å². The summed E-state index contributed by atoms with van der Waals surface area (Å²) < 4.78 is 14.3. The van der Waals surface area contributed by atoms with Crippen LogP contribution in [-0.2, 0) is 0 Å². The second kappa shape index (κ2) is 5.44. The standard InChI is InChI=1S/C13H13BrFN3/c1-8(10-5-3-4-6-11(10)15)16-13-7-12(14)17-9(2)18-13/h3-8H,1-2H3,(H,16,17,18). The number of halogens is 2. The lowest BCUT2D eigenvalue weighted by atomic mass is 10.1. The third kappa shape index (κ3) is 3.04. The maximum atomic E-state index is 13.6. The Morgan fingerprint density at radius 2 is 2.00 bits per heavy atom. The van der Waals surface area contributed by atoms with Crippen molar-refractivity contribution in [2.75, 3.05) is 5.32 Å². The van der Waals surface area contributed by atoms with E-state index in [4.69, 9.17) is 0 Å². The van der Waals surface area contributed by atoms with Crippen molar-refractivity contribution in [1.29, 1.82) is 0 Å². The zero-order valence-electron chi connectivity index (χ0n) is 10.1. The van der Waals surface area contributed by atoms with E-state index in [9.17, 15) is 4.39 Å². The largest absolute Gasteiger partial charge is 0.363 e. The smallest absolute Gasteiger partial charge is 0.131 e. The zero-order chi connectivity index (χ0) is 13.1. The van der Waals surface area contributed by atoms with Crippen molar-refractivity contribution in [2.45, 2.75) is 19.9 Å². The molecule has 18 heavy (non-hydrogen) atoms. The summed E-state index contributed by atoms with van der Waals surface area (Å²) in [4.78, 5) is 8.38. The van der Waals surface area contributed by atoms with Crippen molar-refractivity contribution >= 4 is 21.7 Å². The van der Waals surface area contributed by atoms with Crippen LogP contribution in [0.1, 0.15) is 24.4 Å². The van der Waals surface area contributed by atoms with Gasteiger partial charge in [-0.2, -0.15) is 0 Å². The number of hydrogen-bond donors (Lipinski definition) is 1. The highest BCUT2D eigenvalue weighted by Gasteiger charge is 2.11. The molecule has 1 aromatic heterocycles. The van der Waals surface area contributed by atoms with Crippen LogP contribution in [0.15, 0.2) is 34.9 Å². The number of aryl methyl sites for hydroxylation is 1. The van der Waals surface area contributed by atoms with Gasteiger partial charge < -0.3 is 5.32 Å². The van der Waals surface area contributed by atoms with Gasteiger partial charge in [-0.3, -0.25) is 0 Å². The molecule has 0 bridgehead atoms. The van der Waals surface area contributed by atoms with Crippen molar-refractivity contribution in [3.8, 4) is 0 Å². The summed E-state index contributed by atoms with van der Waals surface area (Å²) in [6, 6.07) is 8.32. The molecule has 94 valence electrons. The molecule has 0 saturated heterocycles. The maximum Gasteiger partial charge on any atom is 0.131 e. The number of rotatable bonds is 3. The number of benzene rings is 1. The van der Waals surface area contributed by atoms with Crippen LogP contribution in [-0.4, -0.2) is 9.97 Å². The van der Waals surface area contributed by atoms with E-state index in [1.165, 1.54) is 6.07 Å². The van der Waals surface area contributed by atoms with Crippen LogP contribution in [0, 0.1) is 12.7 Å². The molecule has 0 aliphatic carbocycles. The highest BCUT2D eigenvalue weighted by molar-refractivity contribution is 9.10. The Hall–Kier alpha value is -1.49. The second-order valence-corrected chi connectivity index (χ2v) is 4.82. The molecular weight excluding hydrogens is 297 g/mol. The fraction of sp³-hybridized carbons (Fsp3) is 0.231. The van der Waals surface area contributed by atoms with E-state index in [1.54, 1.807) is 18.2 Å². The minimum absolute atomic E-state index is 0.160. The number of hydrogen-bond acceptors (Lipinski definition) is 3. The lowest BCUT2D eigenvalue weighted by Gasteiger charge is -2.15. The highest BCUT2D eigenvalue weighted by atomic mass is 79.9. The van der Waals surface area contributed by atoms with Gasteiger partial charge in [-0.05, 0) is 35.8 Å². The first-order valence-electron chi connectivity index (χ1n) is 5.58. The third-order valence-electron chi connectivity index (χ3n) is 2.54. The molecule has 0 saturated carbocycles. The van der Waals surface area contributed by atoms with Gasteiger partial charge in [-0.25, -0.2) is 14.4 Å². The first-order valence-corrected chi connectivity index (χ1v) is 6.37. The van der Waals surface area contributed by atoms with Gasteiger partial charge in [-0.15, -0.1) is 0 Å². The SMILES string of the molecule is Cc1nc(Br)cc(NC(C)c2ccccc2F)n1. The summed E-state index contributed by atoms with van der Waals surface area (Å²) >= 11 is 3.31. The Morgan fingerprint density at radius 1 is 1.28 bits per heavy atom. The van der Waals surface area contributed by atoms with E-state index in [2.05, 4.69) is 31.2 Å². The van der Waals surface area contributed by atoms with Crippen LogP contribution in [0.2, 0.25) is 0 Å². The van der Waals surface area contributed by atoms with E-state index in [1.807, 2.05) is 19.9 Å². The lowest BCUT2D eigenvalue weighted by molar-refractivity contribution is 0.600. The van der Waals surface area contributed by atoms with Gasteiger partial charge in [0.05, 0.1) is 6.04 Å². The van der Waals surface area contributed by atoms with E-state index in [0.717, 1.165) is 0 Å². The zero-order valence-corrected chi connectivity index (χ0v) is 11.7. The average molecular weight is 310 g/mol.